The molecular weight excluding hydrogens is 669 g/mol. The van der Waals surface area contributed by atoms with E-state index in [0.717, 1.165) is 36.0 Å². The van der Waals surface area contributed by atoms with Crippen LogP contribution in [0.25, 0.3) is 0 Å². The number of amides is 2. The molecule has 1 spiro atoms. The Bertz CT molecular complexity index is 1650. The molecule has 3 N–H and O–H groups in total. The van der Waals surface area contributed by atoms with Crippen molar-refractivity contribution in [3.8, 4) is 5.75 Å². The summed E-state index contributed by atoms with van der Waals surface area (Å²) in [5.41, 5.74) is 9.02. The Morgan fingerprint density at radius 2 is 1.76 bits per heavy atom. The lowest BCUT2D eigenvalue weighted by Crippen LogP contribution is -2.60. The molecule has 0 bridgehead atoms. The van der Waals surface area contributed by atoms with Crippen LogP contribution in [0.1, 0.15) is 67.2 Å². The Morgan fingerprint density at radius 1 is 1.10 bits per heavy atom. The molecule has 2 aromatic carbocycles. The normalized spacial score (nSPS) is 20.1. The van der Waals surface area contributed by atoms with Crippen molar-refractivity contribution in [2.24, 2.45) is 16.6 Å². The maximum absolute atomic E-state index is 13.6. The van der Waals surface area contributed by atoms with Crippen LogP contribution in [0.4, 0.5) is 32.4 Å². The average Bonchev–Trinajstić information content (AvgIpc) is 3.35. The number of aliphatic imine (C=N–C) groups is 1. The second-order valence-electron chi connectivity index (χ2n) is 13.5. The minimum absolute atomic E-state index is 0.0439. The van der Waals surface area contributed by atoms with Gasteiger partial charge in [-0.05, 0) is 99.2 Å². The number of nitrogens with two attached hydrogens (primary N) is 1. The number of nitrogens with zero attached hydrogens (tertiary/aromatic N) is 3. The number of aryl methyl sites for hydroxylation is 2. The second kappa shape index (κ2) is 14.0. The lowest BCUT2D eigenvalue weighted by atomic mass is 9.69. The van der Waals surface area contributed by atoms with Crippen LogP contribution in [0.2, 0.25) is 0 Å². The number of hydrogen-bond acceptors (Lipinski definition) is 6. The Labute approximate surface area is 284 Å². The molecule has 2 fully saturated rings. The Balaban J connectivity index is 1.21. The van der Waals surface area contributed by atoms with Crippen molar-refractivity contribution in [1.29, 1.82) is 0 Å². The molecule has 0 aromatic heterocycles. The fraction of sp³-hybridized carbons (Fsp3) is 0.588. The number of piperidine rings is 1. The molecule has 3 aliphatic rings. The topological polar surface area (TPSA) is 117 Å². The standard InChI is InChI=1S/C34H44F5N5O4S/c1-22-19-26(43(3)31(40)45)20-23(2)28(22)11-18-49(46,47)44-15-13-32(14-16-44)29(24-7-4-8-24)41-30(42-32)25-9-5-10-27(21-25)48-17-6-12-33(35,36)34(37,38)39/h5,9-10,19-21,24,29H,4,6-8,11-18H2,1-3H3,(H2,40,45)(H,41,42). The van der Waals surface area contributed by atoms with Gasteiger partial charge in [0.25, 0.3) is 0 Å². The number of nitrogens with one attached hydrogen (secondary N) is 1. The molecule has 1 atom stereocenters. The van der Waals surface area contributed by atoms with Gasteiger partial charge in [-0.1, -0.05) is 18.6 Å². The van der Waals surface area contributed by atoms with Crippen LogP contribution >= 0.6 is 0 Å². The van der Waals surface area contributed by atoms with Crippen LogP contribution in [0, 0.1) is 19.8 Å². The second-order valence-corrected chi connectivity index (χ2v) is 15.6. The number of anilines is 1. The van der Waals surface area contributed by atoms with Gasteiger partial charge >= 0.3 is 18.1 Å². The molecule has 9 nitrogen and oxygen atoms in total. The zero-order valence-electron chi connectivity index (χ0n) is 28.0. The highest BCUT2D eigenvalue weighted by atomic mass is 32.2. The van der Waals surface area contributed by atoms with Crippen LogP contribution in [-0.4, -0.2) is 80.8 Å². The van der Waals surface area contributed by atoms with Gasteiger partial charge in [0.05, 0.1) is 23.9 Å². The first-order valence-corrected chi connectivity index (χ1v) is 18.2. The van der Waals surface area contributed by atoms with E-state index in [-0.39, 0.29) is 18.4 Å². The third-order valence-electron chi connectivity index (χ3n) is 10.2. The van der Waals surface area contributed by atoms with Gasteiger partial charge in [0, 0.05) is 37.8 Å². The molecule has 0 radical (unpaired) electrons. The number of urea groups is 1. The van der Waals surface area contributed by atoms with Crippen molar-refractivity contribution in [2.75, 3.05) is 37.4 Å². The molecular formula is C34H44F5N5O4S. The monoisotopic (exact) mass is 713 g/mol. The van der Waals surface area contributed by atoms with Crippen molar-refractivity contribution in [3.63, 3.8) is 0 Å². The summed E-state index contributed by atoms with van der Waals surface area (Å²) in [7, 11) is -1.99. The number of primary amides is 1. The molecule has 2 aliphatic heterocycles. The van der Waals surface area contributed by atoms with Gasteiger partial charge in [0.1, 0.15) is 11.6 Å². The van der Waals surface area contributed by atoms with E-state index in [1.165, 1.54) is 4.90 Å². The highest BCUT2D eigenvalue weighted by molar-refractivity contribution is 7.89. The van der Waals surface area contributed by atoms with E-state index in [1.54, 1.807) is 29.6 Å². The molecule has 270 valence electrons. The van der Waals surface area contributed by atoms with Crippen molar-refractivity contribution in [2.45, 2.75) is 88.9 Å². The summed E-state index contributed by atoms with van der Waals surface area (Å²) in [5, 5.41) is 3.63. The smallest absolute Gasteiger partial charge is 0.453 e. The van der Waals surface area contributed by atoms with Crippen LogP contribution in [0.5, 0.6) is 5.75 Å². The van der Waals surface area contributed by atoms with E-state index >= 15 is 0 Å². The Morgan fingerprint density at radius 3 is 2.33 bits per heavy atom. The van der Waals surface area contributed by atoms with E-state index in [0.29, 0.717) is 61.1 Å². The van der Waals surface area contributed by atoms with Crippen LogP contribution in [0.15, 0.2) is 41.4 Å². The summed E-state index contributed by atoms with van der Waals surface area (Å²) in [5.74, 6) is -3.48. The number of benzene rings is 2. The zero-order valence-corrected chi connectivity index (χ0v) is 28.8. The lowest BCUT2D eigenvalue weighted by molar-refractivity contribution is -0.284. The average molecular weight is 714 g/mol. The summed E-state index contributed by atoms with van der Waals surface area (Å²) in [6.45, 7) is 4.17. The summed E-state index contributed by atoms with van der Waals surface area (Å²) in [6, 6.07) is 9.87. The third-order valence-corrected chi connectivity index (χ3v) is 12.1. The maximum Gasteiger partial charge on any atom is 0.453 e. The van der Waals surface area contributed by atoms with Gasteiger partial charge < -0.3 is 15.8 Å². The third kappa shape index (κ3) is 7.97. The first-order chi connectivity index (χ1) is 22.9. The summed E-state index contributed by atoms with van der Waals surface area (Å²) in [4.78, 5) is 18.0. The molecule has 2 aromatic rings. The first-order valence-electron chi connectivity index (χ1n) is 16.6. The highest BCUT2D eigenvalue weighted by Gasteiger charge is 2.56. The minimum atomic E-state index is -5.59. The van der Waals surface area contributed by atoms with Gasteiger partial charge in [-0.25, -0.2) is 17.5 Å². The van der Waals surface area contributed by atoms with Gasteiger partial charge in [-0.3, -0.25) is 9.89 Å². The van der Waals surface area contributed by atoms with Gasteiger partial charge in [0.15, 0.2) is 0 Å². The fourth-order valence-electron chi connectivity index (χ4n) is 7.05. The number of alkyl halides is 5. The summed E-state index contributed by atoms with van der Waals surface area (Å²) in [6.07, 6.45) is -2.78. The van der Waals surface area contributed by atoms with Crippen molar-refractivity contribution in [1.82, 2.24) is 9.62 Å². The number of halogens is 5. The largest absolute Gasteiger partial charge is 0.494 e. The van der Waals surface area contributed by atoms with Gasteiger partial charge in [-0.2, -0.15) is 22.0 Å². The molecule has 15 heteroatoms. The highest BCUT2D eigenvalue weighted by Crippen LogP contribution is 2.44. The SMILES string of the molecule is Cc1cc(N(C)C(N)=O)cc(C)c1CCS(=O)(=O)N1CCC2(CC1)NC(c1cccc(OCCCC(F)(F)C(F)(F)F)c1)=NC2C1CCC1. The van der Waals surface area contributed by atoms with Crippen LogP contribution in [-0.2, 0) is 16.4 Å². The number of ether oxygens (including phenoxy) is 1. The van der Waals surface area contributed by atoms with Crippen LogP contribution in [0.3, 0.4) is 0 Å². The molecule has 2 amide bonds. The molecule has 1 aliphatic carbocycles. The molecule has 5 rings (SSSR count). The maximum atomic E-state index is 13.6. The molecule has 1 saturated heterocycles. The molecule has 1 unspecified atom stereocenters. The number of sulfonamides is 1. The van der Waals surface area contributed by atoms with E-state index in [9.17, 15) is 35.2 Å². The van der Waals surface area contributed by atoms with E-state index in [4.69, 9.17) is 15.5 Å². The predicted octanol–water partition coefficient (Wildman–Crippen LogP) is 6.10. The first kappa shape index (κ1) is 36.8. The lowest BCUT2D eigenvalue weighted by Gasteiger charge is -2.46. The van der Waals surface area contributed by atoms with Crippen molar-refractivity contribution in [3.05, 3.63) is 58.7 Å². The molecule has 1 saturated carbocycles. The van der Waals surface area contributed by atoms with Crippen LogP contribution < -0.4 is 20.7 Å². The van der Waals surface area contributed by atoms with Crippen molar-refractivity contribution >= 4 is 27.6 Å². The predicted molar refractivity (Wildman–Crippen MR) is 178 cm³/mol. The quantitative estimate of drug-likeness (QED) is 0.204. The molecule has 2 heterocycles. The van der Waals surface area contributed by atoms with Gasteiger partial charge in [0.2, 0.25) is 10.0 Å². The number of carbonyl (C=O) groups is 1. The number of amidine groups is 1. The minimum Gasteiger partial charge on any atom is -0.494 e. The Hall–Kier alpha value is -3.46. The fourth-order valence-corrected chi connectivity index (χ4v) is 8.51. The Kier molecular flexibility index (Phi) is 10.6. The van der Waals surface area contributed by atoms with E-state index in [2.05, 4.69) is 5.32 Å². The summed E-state index contributed by atoms with van der Waals surface area (Å²) >= 11 is 0. The number of carbonyl (C=O) groups excluding carboxylic acids is 1. The number of rotatable bonds is 12. The summed E-state index contributed by atoms with van der Waals surface area (Å²) < 4.78 is 98.2. The van der Waals surface area contributed by atoms with Crippen molar-refractivity contribution < 1.29 is 39.9 Å². The molecule has 49 heavy (non-hydrogen) atoms. The van der Waals surface area contributed by atoms with E-state index < -0.39 is 46.5 Å². The van der Waals surface area contributed by atoms with Gasteiger partial charge in [-0.15, -0.1) is 0 Å². The number of hydrogen-bond donors (Lipinski definition) is 2. The van der Waals surface area contributed by atoms with E-state index in [1.807, 2.05) is 32.0 Å². The zero-order chi connectivity index (χ0) is 35.8.